The number of benzene rings is 2. The van der Waals surface area contributed by atoms with Crippen LogP contribution in [0.25, 0.3) is 0 Å². The van der Waals surface area contributed by atoms with Crippen molar-refractivity contribution >= 4 is 34.5 Å². The zero-order valence-electron chi connectivity index (χ0n) is 17.3. The zero-order chi connectivity index (χ0) is 22.2. The number of anilines is 4. The number of hydrogen-bond donors (Lipinski definition) is 2. The summed E-state index contributed by atoms with van der Waals surface area (Å²) in [7, 11) is 0. The number of ether oxygens (including phenoxy) is 1. The van der Waals surface area contributed by atoms with E-state index < -0.39 is 4.92 Å². The maximum absolute atomic E-state index is 11.8. The Morgan fingerprint density at radius 3 is 2.35 bits per heavy atom. The van der Waals surface area contributed by atoms with Crippen LogP contribution >= 0.6 is 0 Å². The van der Waals surface area contributed by atoms with Crippen LogP contribution in [0.5, 0.6) is 5.75 Å². The lowest BCUT2D eigenvalue weighted by molar-refractivity contribution is -0.383. The first kappa shape index (κ1) is 21.7. The largest absolute Gasteiger partial charge is 0.494 e. The number of aromatic nitrogens is 2. The summed E-state index contributed by atoms with van der Waals surface area (Å²) in [4.78, 5) is 30.9. The lowest BCUT2D eigenvalue weighted by atomic mass is 10.1. The van der Waals surface area contributed by atoms with Crippen LogP contribution in [-0.4, -0.2) is 27.3 Å². The highest BCUT2D eigenvalue weighted by atomic mass is 16.6. The van der Waals surface area contributed by atoms with E-state index in [4.69, 9.17) is 4.74 Å². The van der Waals surface area contributed by atoms with Crippen LogP contribution in [0.4, 0.5) is 28.7 Å². The molecule has 0 fully saturated rings. The first-order valence-electron chi connectivity index (χ1n) is 9.85. The number of nitrogens with one attached hydrogen (secondary N) is 2. The third-order valence-corrected chi connectivity index (χ3v) is 4.42. The van der Waals surface area contributed by atoms with Crippen molar-refractivity contribution in [1.82, 2.24) is 9.97 Å². The summed E-state index contributed by atoms with van der Waals surface area (Å²) in [5.74, 6) is 0.682. The predicted molar refractivity (Wildman–Crippen MR) is 119 cm³/mol. The highest BCUT2D eigenvalue weighted by Crippen LogP contribution is 2.33. The van der Waals surface area contributed by atoms with E-state index in [9.17, 15) is 14.9 Å². The number of nitro groups is 1. The van der Waals surface area contributed by atoms with E-state index in [1.54, 1.807) is 48.5 Å². The van der Waals surface area contributed by atoms with Gasteiger partial charge in [0, 0.05) is 16.9 Å². The van der Waals surface area contributed by atoms with Gasteiger partial charge < -0.3 is 15.4 Å². The van der Waals surface area contributed by atoms with Crippen molar-refractivity contribution in [3.8, 4) is 5.75 Å². The zero-order valence-corrected chi connectivity index (χ0v) is 17.3. The van der Waals surface area contributed by atoms with Gasteiger partial charge in [-0.3, -0.25) is 14.9 Å². The summed E-state index contributed by atoms with van der Waals surface area (Å²) >= 11 is 0. The lowest BCUT2D eigenvalue weighted by Gasteiger charge is -2.11. The molecule has 0 amide bonds. The Morgan fingerprint density at radius 1 is 1.06 bits per heavy atom. The van der Waals surface area contributed by atoms with Crippen LogP contribution in [0, 0.1) is 10.1 Å². The first-order chi connectivity index (χ1) is 15.0. The van der Waals surface area contributed by atoms with Gasteiger partial charge in [-0.25, -0.2) is 9.97 Å². The molecule has 9 heteroatoms. The number of ketones is 1. The van der Waals surface area contributed by atoms with E-state index in [1.807, 2.05) is 0 Å². The van der Waals surface area contributed by atoms with Crippen LogP contribution < -0.4 is 15.4 Å². The van der Waals surface area contributed by atoms with Crippen LogP contribution in [0.2, 0.25) is 0 Å². The molecule has 0 spiro atoms. The molecule has 31 heavy (non-hydrogen) atoms. The van der Waals surface area contributed by atoms with E-state index in [-0.39, 0.29) is 23.1 Å². The monoisotopic (exact) mass is 421 g/mol. The SMILES string of the molecule is CCCCOc1ccc(Nc2ncnc(Nc3cccc(C(C)=O)c3)c2[N+](=O)[O-])cc1. The molecule has 3 rings (SSSR count). The van der Waals surface area contributed by atoms with Gasteiger partial charge in [0.05, 0.1) is 11.5 Å². The average Bonchev–Trinajstić information content (AvgIpc) is 2.75. The van der Waals surface area contributed by atoms with E-state index in [0.29, 0.717) is 23.5 Å². The topological polar surface area (TPSA) is 119 Å². The highest BCUT2D eigenvalue weighted by molar-refractivity contribution is 5.95. The van der Waals surface area contributed by atoms with Crippen molar-refractivity contribution in [3.05, 3.63) is 70.5 Å². The fraction of sp³-hybridized carbons (Fsp3) is 0.227. The number of hydrogen-bond acceptors (Lipinski definition) is 8. The van der Waals surface area contributed by atoms with E-state index in [0.717, 1.165) is 18.6 Å². The van der Waals surface area contributed by atoms with Crippen molar-refractivity contribution in [2.75, 3.05) is 17.2 Å². The summed E-state index contributed by atoms with van der Waals surface area (Å²) in [5, 5.41) is 17.6. The molecule has 3 aromatic rings. The molecule has 0 radical (unpaired) electrons. The van der Waals surface area contributed by atoms with Gasteiger partial charge in [-0.05, 0) is 49.7 Å². The van der Waals surface area contributed by atoms with Gasteiger partial charge in [0.25, 0.3) is 0 Å². The van der Waals surface area contributed by atoms with Gasteiger partial charge in [0.2, 0.25) is 11.6 Å². The van der Waals surface area contributed by atoms with Gasteiger partial charge >= 0.3 is 5.69 Å². The minimum atomic E-state index is -0.554. The van der Waals surface area contributed by atoms with E-state index >= 15 is 0 Å². The molecule has 1 heterocycles. The number of nitrogens with zero attached hydrogens (tertiary/aromatic N) is 3. The summed E-state index contributed by atoms with van der Waals surface area (Å²) in [6.45, 7) is 4.18. The molecule has 0 aliphatic carbocycles. The molecule has 0 bridgehead atoms. The molecule has 0 saturated heterocycles. The highest BCUT2D eigenvalue weighted by Gasteiger charge is 2.23. The minimum Gasteiger partial charge on any atom is -0.494 e. The fourth-order valence-electron chi connectivity index (χ4n) is 2.79. The Morgan fingerprint density at radius 2 is 1.74 bits per heavy atom. The van der Waals surface area contributed by atoms with Crippen LogP contribution in [0.15, 0.2) is 54.9 Å². The van der Waals surface area contributed by atoms with Gasteiger partial charge in [-0.1, -0.05) is 25.5 Å². The summed E-state index contributed by atoms with van der Waals surface area (Å²) in [6, 6.07) is 13.8. The molecular weight excluding hydrogens is 398 g/mol. The Hall–Kier alpha value is -4.01. The maximum Gasteiger partial charge on any atom is 0.353 e. The molecule has 0 aliphatic heterocycles. The standard InChI is InChI=1S/C22H23N5O4/c1-3-4-12-31-19-10-8-17(9-11-19)25-21-20(27(29)30)22(24-14-23-21)26-18-7-5-6-16(13-18)15(2)28/h5-11,13-14H,3-4,12H2,1-2H3,(H2,23,24,25,26). The molecule has 0 saturated carbocycles. The van der Waals surface area contributed by atoms with Crippen LogP contribution in [0.1, 0.15) is 37.0 Å². The lowest BCUT2D eigenvalue weighted by Crippen LogP contribution is -2.06. The quantitative estimate of drug-likeness (QED) is 0.197. The van der Waals surface area contributed by atoms with Crippen molar-refractivity contribution in [2.24, 2.45) is 0 Å². The number of carbonyl (C=O) groups is 1. The molecule has 1 aromatic heterocycles. The molecule has 2 N–H and O–H groups in total. The molecule has 160 valence electrons. The Labute approximate surface area is 179 Å². The fourth-order valence-corrected chi connectivity index (χ4v) is 2.79. The smallest absolute Gasteiger partial charge is 0.353 e. The molecule has 0 atom stereocenters. The third kappa shape index (κ3) is 5.75. The van der Waals surface area contributed by atoms with Gasteiger partial charge in [-0.15, -0.1) is 0 Å². The summed E-state index contributed by atoms with van der Waals surface area (Å²) < 4.78 is 5.63. The van der Waals surface area contributed by atoms with Gasteiger partial charge in [-0.2, -0.15) is 0 Å². The second-order valence-electron chi connectivity index (χ2n) is 6.79. The molecular formula is C22H23N5O4. The van der Waals surface area contributed by atoms with Crippen molar-refractivity contribution < 1.29 is 14.5 Å². The minimum absolute atomic E-state index is 0.0164. The van der Waals surface area contributed by atoms with Crippen LogP contribution in [0.3, 0.4) is 0 Å². The molecule has 0 unspecified atom stereocenters. The Bertz CT molecular complexity index is 1070. The number of carbonyl (C=O) groups excluding carboxylic acids is 1. The van der Waals surface area contributed by atoms with Gasteiger partial charge in [0.1, 0.15) is 12.1 Å². The average molecular weight is 421 g/mol. The van der Waals surface area contributed by atoms with E-state index in [2.05, 4.69) is 27.5 Å². The summed E-state index contributed by atoms with van der Waals surface area (Å²) in [6.07, 6.45) is 3.25. The van der Waals surface area contributed by atoms with Crippen molar-refractivity contribution in [1.29, 1.82) is 0 Å². The number of Topliss-reactive ketones (excluding diaryl/α,β-unsaturated/α-hetero) is 1. The third-order valence-electron chi connectivity index (χ3n) is 4.42. The van der Waals surface area contributed by atoms with E-state index in [1.165, 1.54) is 13.3 Å². The Balaban J connectivity index is 1.83. The van der Waals surface area contributed by atoms with Gasteiger partial charge in [0.15, 0.2) is 5.78 Å². The maximum atomic E-state index is 11.8. The van der Waals surface area contributed by atoms with Crippen LogP contribution in [-0.2, 0) is 0 Å². The predicted octanol–water partition coefficient (Wildman–Crippen LogP) is 5.25. The molecule has 0 aliphatic rings. The molecule has 9 nitrogen and oxygen atoms in total. The normalized spacial score (nSPS) is 10.4. The summed E-state index contributed by atoms with van der Waals surface area (Å²) in [5.41, 5.74) is 1.31. The first-order valence-corrected chi connectivity index (χ1v) is 9.85. The Kier molecular flexibility index (Phi) is 7.10. The number of rotatable bonds is 10. The second-order valence-corrected chi connectivity index (χ2v) is 6.79. The van der Waals surface area contributed by atoms with Crippen molar-refractivity contribution in [3.63, 3.8) is 0 Å². The van der Waals surface area contributed by atoms with Crippen molar-refractivity contribution in [2.45, 2.75) is 26.7 Å². The second kappa shape index (κ2) is 10.1. The molecule has 2 aromatic carbocycles. The number of unbranched alkanes of at least 4 members (excludes halogenated alkanes) is 1.